The third kappa shape index (κ3) is 3.68. The molecule has 19 heavy (non-hydrogen) atoms. The first kappa shape index (κ1) is 14.8. The molecule has 1 amide bonds. The summed E-state index contributed by atoms with van der Waals surface area (Å²) in [5.41, 5.74) is 6.03. The van der Waals surface area contributed by atoms with Gasteiger partial charge in [0.15, 0.2) is 0 Å². The van der Waals surface area contributed by atoms with Crippen molar-refractivity contribution < 1.29 is 14.6 Å². The van der Waals surface area contributed by atoms with Gasteiger partial charge in [-0.2, -0.15) is 0 Å². The van der Waals surface area contributed by atoms with Gasteiger partial charge in [0.1, 0.15) is 0 Å². The summed E-state index contributed by atoms with van der Waals surface area (Å²) in [5.74, 6) is 0.110. The molecule has 1 aliphatic carbocycles. The Kier molecular flexibility index (Phi) is 4.81. The van der Waals surface area contributed by atoms with Crippen molar-refractivity contribution in [3.05, 3.63) is 0 Å². The Bertz CT molecular complexity index is 316. The molecule has 2 rings (SSSR count). The monoisotopic (exact) mass is 270 g/mol. The molecule has 0 bridgehead atoms. The van der Waals surface area contributed by atoms with Crippen molar-refractivity contribution in [3.63, 3.8) is 0 Å². The number of carbonyl (C=O) groups excluding carboxylic acids is 1. The van der Waals surface area contributed by atoms with Gasteiger partial charge < -0.3 is 20.5 Å². The fourth-order valence-electron chi connectivity index (χ4n) is 3.11. The molecular formula is C14H26N2O3. The zero-order chi connectivity index (χ0) is 13.9. The molecule has 2 unspecified atom stereocenters. The van der Waals surface area contributed by atoms with Gasteiger partial charge in [-0.15, -0.1) is 0 Å². The molecule has 2 fully saturated rings. The van der Waals surface area contributed by atoms with Gasteiger partial charge in [-0.1, -0.05) is 19.3 Å². The fraction of sp³-hybridized carbons (Fsp3) is 0.929. The van der Waals surface area contributed by atoms with Crippen molar-refractivity contribution >= 4 is 5.91 Å². The minimum absolute atomic E-state index is 0.0374. The average Bonchev–Trinajstić information content (AvgIpc) is 2.39. The van der Waals surface area contributed by atoms with Crippen LogP contribution in [0.15, 0.2) is 0 Å². The van der Waals surface area contributed by atoms with Crippen molar-refractivity contribution in [2.45, 2.75) is 63.1 Å². The Morgan fingerprint density at radius 1 is 1.42 bits per heavy atom. The van der Waals surface area contributed by atoms with Gasteiger partial charge in [0.2, 0.25) is 5.91 Å². The number of nitrogens with zero attached hydrogens (tertiary/aromatic N) is 1. The second-order valence-corrected chi connectivity index (χ2v) is 6.13. The summed E-state index contributed by atoms with van der Waals surface area (Å²) in [6.07, 6.45) is 5.55. The zero-order valence-corrected chi connectivity index (χ0v) is 11.8. The lowest BCUT2D eigenvalue weighted by atomic mass is 9.80. The van der Waals surface area contributed by atoms with E-state index in [0.29, 0.717) is 19.6 Å². The molecule has 0 radical (unpaired) electrons. The van der Waals surface area contributed by atoms with Crippen molar-refractivity contribution in [1.29, 1.82) is 0 Å². The summed E-state index contributed by atoms with van der Waals surface area (Å²) < 4.78 is 5.46. The van der Waals surface area contributed by atoms with Crippen LogP contribution in [0.5, 0.6) is 0 Å². The van der Waals surface area contributed by atoms with Gasteiger partial charge in [0, 0.05) is 18.5 Å². The lowest BCUT2D eigenvalue weighted by Gasteiger charge is -2.40. The van der Waals surface area contributed by atoms with Crippen molar-refractivity contribution in [1.82, 2.24) is 4.90 Å². The van der Waals surface area contributed by atoms with Crippen molar-refractivity contribution in [2.24, 2.45) is 5.73 Å². The van der Waals surface area contributed by atoms with Crippen LogP contribution in [0.2, 0.25) is 0 Å². The topological polar surface area (TPSA) is 75.8 Å². The van der Waals surface area contributed by atoms with E-state index in [2.05, 4.69) is 0 Å². The number of hydrogen-bond acceptors (Lipinski definition) is 4. The predicted octanol–water partition coefficient (Wildman–Crippen LogP) is 0.646. The van der Waals surface area contributed by atoms with E-state index in [0.717, 1.165) is 25.7 Å². The number of carbonyl (C=O) groups is 1. The van der Waals surface area contributed by atoms with Crippen molar-refractivity contribution in [3.8, 4) is 0 Å². The second-order valence-electron chi connectivity index (χ2n) is 6.13. The average molecular weight is 270 g/mol. The molecule has 3 N–H and O–H groups in total. The largest absolute Gasteiger partial charge is 0.394 e. The maximum Gasteiger partial charge on any atom is 0.224 e. The van der Waals surface area contributed by atoms with Crippen LogP contribution in [0.25, 0.3) is 0 Å². The maximum atomic E-state index is 12.5. The van der Waals surface area contributed by atoms with Crippen molar-refractivity contribution in [2.75, 3.05) is 19.8 Å². The molecular weight excluding hydrogens is 244 g/mol. The Morgan fingerprint density at radius 3 is 2.74 bits per heavy atom. The highest BCUT2D eigenvalue weighted by molar-refractivity contribution is 5.78. The molecule has 1 saturated heterocycles. The molecule has 1 heterocycles. The van der Waals surface area contributed by atoms with Gasteiger partial charge in [-0.25, -0.2) is 0 Å². The molecule has 1 saturated carbocycles. The number of nitrogens with two attached hydrogens (primary N) is 1. The lowest BCUT2D eigenvalue weighted by molar-refractivity contribution is -0.147. The predicted molar refractivity (Wildman–Crippen MR) is 72.6 cm³/mol. The Balaban J connectivity index is 1.94. The molecule has 2 aliphatic rings. The lowest BCUT2D eigenvalue weighted by Crippen LogP contribution is -2.55. The number of aliphatic hydroxyl groups excluding tert-OH is 1. The molecule has 5 nitrogen and oxygen atoms in total. The fourth-order valence-corrected chi connectivity index (χ4v) is 3.11. The normalized spacial score (nSPS) is 31.2. The molecule has 1 aliphatic heterocycles. The van der Waals surface area contributed by atoms with Crippen LogP contribution in [0.1, 0.15) is 45.4 Å². The Morgan fingerprint density at radius 2 is 2.11 bits per heavy atom. The number of rotatable bonds is 3. The standard InChI is InChI=1S/C14H26N2O3/c1-11-10-19-12(9-17)8-16(11)13(18)7-14(15)5-3-2-4-6-14/h11-12,17H,2-10,15H2,1H3. The van der Waals surface area contributed by atoms with Gasteiger partial charge in [0.25, 0.3) is 0 Å². The molecule has 0 spiro atoms. The van der Waals surface area contributed by atoms with E-state index in [1.807, 2.05) is 11.8 Å². The summed E-state index contributed by atoms with van der Waals surface area (Å²) in [7, 11) is 0. The molecule has 5 heteroatoms. The summed E-state index contributed by atoms with van der Waals surface area (Å²) in [5, 5.41) is 9.16. The molecule has 110 valence electrons. The molecule has 0 aromatic carbocycles. The highest BCUT2D eigenvalue weighted by Crippen LogP contribution is 2.29. The van der Waals surface area contributed by atoms with Crippen LogP contribution >= 0.6 is 0 Å². The van der Waals surface area contributed by atoms with Gasteiger partial charge in [0.05, 0.1) is 25.4 Å². The maximum absolute atomic E-state index is 12.5. The zero-order valence-electron chi connectivity index (χ0n) is 11.8. The van der Waals surface area contributed by atoms with E-state index in [1.165, 1.54) is 6.42 Å². The van der Waals surface area contributed by atoms with Gasteiger partial charge in [-0.05, 0) is 19.8 Å². The van der Waals surface area contributed by atoms with E-state index in [-0.39, 0.29) is 30.2 Å². The molecule has 0 aromatic rings. The minimum atomic E-state index is -0.317. The molecule has 2 atom stereocenters. The van der Waals surface area contributed by atoms with Crippen LogP contribution in [-0.4, -0.2) is 53.4 Å². The van der Waals surface area contributed by atoms with Crippen LogP contribution in [0.4, 0.5) is 0 Å². The SMILES string of the molecule is CC1COC(CO)CN1C(=O)CC1(N)CCCCC1. The smallest absolute Gasteiger partial charge is 0.224 e. The van der Waals surface area contributed by atoms with E-state index < -0.39 is 0 Å². The van der Waals surface area contributed by atoms with E-state index >= 15 is 0 Å². The first-order valence-corrected chi connectivity index (χ1v) is 7.35. The quantitative estimate of drug-likeness (QED) is 0.789. The Labute approximate surface area is 115 Å². The van der Waals surface area contributed by atoms with Crippen LogP contribution in [-0.2, 0) is 9.53 Å². The summed E-state index contributed by atoms with van der Waals surface area (Å²) in [6.45, 7) is 2.92. The van der Waals surface area contributed by atoms with Crippen LogP contribution < -0.4 is 5.73 Å². The van der Waals surface area contributed by atoms with E-state index in [1.54, 1.807) is 0 Å². The minimum Gasteiger partial charge on any atom is -0.394 e. The summed E-state index contributed by atoms with van der Waals surface area (Å²) >= 11 is 0. The first-order valence-electron chi connectivity index (χ1n) is 7.35. The number of hydrogen-bond donors (Lipinski definition) is 2. The number of morpholine rings is 1. The van der Waals surface area contributed by atoms with Gasteiger partial charge in [-0.3, -0.25) is 4.79 Å². The first-order chi connectivity index (χ1) is 9.04. The number of ether oxygens (including phenoxy) is 1. The van der Waals surface area contributed by atoms with E-state index in [9.17, 15) is 4.79 Å². The summed E-state index contributed by atoms with van der Waals surface area (Å²) in [4.78, 5) is 14.3. The highest BCUT2D eigenvalue weighted by atomic mass is 16.5. The van der Waals surface area contributed by atoms with Gasteiger partial charge >= 0.3 is 0 Å². The second kappa shape index (κ2) is 6.20. The Hall–Kier alpha value is -0.650. The number of aliphatic hydroxyl groups is 1. The number of amides is 1. The third-order valence-electron chi connectivity index (χ3n) is 4.38. The third-order valence-corrected chi connectivity index (χ3v) is 4.38. The van der Waals surface area contributed by atoms with Crippen LogP contribution in [0.3, 0.4) is 0 Å². The molecule has 0 aromatic heterocycles. The summed E-state index contributed by atoms with van der Waals surface area (Å²) in [6, 6.07) is 0.0718. The van der Waals surface area contributed by atoms with E-state index in [4.69, 9.17) is 15.6 Å². The highest BCUT2D eigenvalue weighted by Gasteiger charge is 2.35. The van der Waals surface area contributed by atoms with Crippen LogP contribution in [0, 0.1) is 0 Å².